The van der Waals surface area contributed by atoms with Crippen molar-refractivity contribution in [1.82, 2.24) is 15.3 Å². The number of carbonyl (C=O) groups excluding carboxylic acids is 1. The maximum absolute atomic E-state index is 12.4. The summed E-state index contributed by atoms with van der Waals surface area (Å²) < 4.78 is 11.4. The van der Waals surface area contributed by atoms with Gasteiger partial charge in [0.2, 0.25) is 5.82 Å². The van der Waals surface area contributed by atoms with Gasteiger partial charge in [0.15, 0.2) is 11.4 Å². The van der Waals surface area contributed by atoms with Crippen LogP contribution in [0.15, 0.2) is 28.7 Å². The minimum Gasteiger partial charge on any atom is -0.450 e. The van der Waals surface area contributed by atoms with Crippen LogP contribution in [0.2, 0.25) is 0 Å². The Labute approximate surface area is 145 Å². The molecule has 7 heteroatoms. The van der Waals surface area contributed by atoms with E-state index in [1.54, 1.807) is 0 Å². The molecular formula is C18H20N4O3. The Morgan fingerprint density at radius 1 is 1.24 bits per heavy atom. The second-order valence-electron chi connectivity index (χ2n) is 6.00. The highest BCUT2D eigenvalue weighted by atomic mass is 16.5. The fourth-order valence-corrected chi connectivity index (χ4v) is 2.99. The van der Waals surface area contributed by atoms with Crippen LogP contribution in [0.25, 0.3) is 22.1 Å². The molecule has 1 N–H and O–H groups in total. The van der Waals surface area contributed by atoms with Gasteiger partial charge in [0.25, 0.3) is 5.91 Å². The van der Waals surface area contributed by atoms with Crippen molar-refractivity contribution in [3.8, 4) is 0 Å². The monoisotopic (exact) mass is 340 g/mol. The molecule has 0 saturated carbocycles. The van der Waals surface area contributed by atoms with Gasteiger partial charge in [0.1, 0.15) is 11.1 Å². The standard InChI is InChI=1S/C18H20N4O3/c1-2-7-19-18(23)16-20-14-12-5-3-4-6-13(12)25-15(14)17(21-16)22-8-10-24-11-9-22/h3-6H,2,7-11H2,1H3,(H,19,23). The molecule has 1 aliphatic heterocycles. The normalized spacial score (nSPS) is 15.0. The zero-order valence-electron chi connectivity index (χ0n) is 14.1. The quantitative estimate of drug-likeness (QED) is 0.785. The van der Waals surface area contributed by atoms with Gasteiger partial charge in [-0.25, -0.2) is 9.97 Å². The van der Waals surface area contributed by atoms with Gasteiger partial charge < -0.3 is 19.4 Å². The number of furan rings is 1. The Morgan fingerprint density at radius 3 is 2.84 bits per heavy atom. The molecule has 0 atom stereocenters. The molecule has 2 aromatic heterocycles. The molecule has 0 bridgehead atoms. The van der Waals surface area contributed by atoms with E-state index in [2.05, 4.69) is 20.2 Å². The molecule has 7 nitrogen and oxygen atoms in total. The van der Waals surface area contributed by atoms with Crippen LogP contribution in [-0.2, 0) is 4.74 Å². The number of nitrogens with one attached hydrogen (secondary N) is 1. The van der Waals surface area contributed by atoms with E-state index in [4.69, 9.17) is 9.15 Å². The zero-order chi connectivity index (χ0) is 17.2. The first kappa shape index (κ1) is 15.8. The molecule has 0 spiro atoms. The van der Waals surface area contributed by atoms with Crippen LogP contribution >= 0.6 is 0 Å². The Kier molecular flexibility index (Phi) is 4.23. The first-order valence-corrected chi connectivity index (χ1v) is 8.58. The van der Waals surface area contributed by atoms with Crippen molar-refractivity contribution in [2.24, 2.45) is 0 Å². The molecule has 1 fully saturated rings. The smallest absolute Gasteiger partial charge is 0.289 e. The number of para-hydroxylation sites is 1. The van der Waals surface area contributed by atoms with Crippen LogP contribution in [-0.4, -0.2) is 48.7 Å². The lowest BCUT2D eigenvalue weighted by molar-refractivity contribution is 0.0943. The summed E-state index contributed by atoms with van der Waals surface area (Å²) in [4.78, 5) is 23.5. The SMILES string of the molecule is CCCNC(=O)c1nc(N2CCOCC2)c2oc3ccccc3c2n1. The van der Waals surface area contributed by atoms with Gasteiger partial charge in [-0.15, -0.1) is 0 Å². The number of carbonyl (C=O) groups is 1. The summed E-state index contributed by atoms with van der Waals surface area (Å²) in [5.41, 5.74) is 2.04. The third-order valence-corrected chi connectivity index (χ3v) is 4.25. The molecule has 3 heterocycles. The Hall–Kier alpha value is -2.67. The van der Waals surface area contributed by atoms with Crippen molar-refractivity contribution in [2.45, 2.75) is 13.3 Å². The largest absolute Gasteiger partial charge is 0.450 e. The second kappa shape index (κ2) is 6.68. The van der Waals surface area contributed by atoms with Gasteiger partial charge in [-0.2, -0.15) is 0 Å². The van der Waals surface area contributed by atoms with E-state index in [9.17, 15) is 4.79 Å². The molecule has 1 saturated heterocycles. The van der Waals surface area contributed by atoms with Gasteiger partial charge in [-0.3, -0.25) is 4.79 Å². The highest BCUT2D eigenvalue weighted by Crippen LogP contribution is 2.33. The van der Waals surface area contributed by atoms with Crippen LogP contribution in [0.3, 0.4) is 0 Å². The lowest BCUT2D eigenvalue weighted by atomic mass is 10.2. The highest BCUT2D eigenvalue weighted by molar-refractivity contribution is 6.07. The van der Waals surface area contributed by atoms with E-state index in [0.29, 0.717) is 49.8 Å². The average molecular weight is 340 g/mol. The maximum Gasteiger partial charge on any atom is 0.289 e. The summed E-state index contributed by atoms with van der Waals surface area (Å²) in [5, 5.41) is 3.73. The predicted molar refractivity (Wildman–Crippen MR) is 95.0 cm³/mol. The van der Waals surface area contributed by atoms with Gasteiger partial charge in [0, 0.05) is 25.0 Å². The first-order chi connectivity index (χ1) is 12.3. The van der Waals surface area contributed by atoms with Crippen molar-refractivity contribution in [2.75, 3.05) is 37.7 Å². The lowest BCUT2D eigenvalue weighted by Gasteiger charge is -2.27. The highest BCUT2D eigenvalue weighted by Gasteiger charge is 2.23. The average Bonchev–Trinajstić information content (AvgIpc) is 3.04. The molecular weight excluding hydrogens is 320 g/mol. The fraction of sp³-hybridized carbons (Fsp3) is 0.389. The first-order valence-electron chi connectivity index (χ1n) is 8.58. The molecule has 0 aliphatic carbocycles. The molecule has 0 unspecified atom stereocenters. The topological polar surface area (TPSA) is 80.5 Å². The second-order valence-corrected chi connectivity index (χ2v) is 6.00. The third-order valence-electron chi connectivity index (χ3n) is 4.25. The number of rotatable bonds is 4. The van der Waals surface area contributed by atoms with Crippen molar-refractivity contribution in [1.29, 1.82) is 0 Å². The summed E-state index contributed by atoms with van der Waals surface area (Å²) in [6.45, 7) is 5.27. The van der Waals surface area contributed by atoms with Crippen molar-refractivity contribution >= 4 is 33.8 Å². The summed E-state index contributed by atoms with van der Waals surface area (Å²) in [6, 6.07) is 7.70. The molecule has 1 aromatic carbocycles. The van der Waals surface area contributed by atoms with Gasteiger partial charge in [0.05, 0.1) is 13.2 Å². The minimum atomic E-state index is -0.261. The van der Waals surface area contributed by atoms with Crippen LogP contribution < -0.4 is 10.2 Å². The van der Waals surface area contributed by atoms with Gasteiger partial charge in [-0.1, -0.05) is 19.1 Å². The zero-order valence-corrected chi connectivity index (χ0v) is 14.1. The Balaban J connectivity index is 1.88. The molecule has 1 aliphatic rings. The van der Waals surface area contributed by atoms with Crippen LogP contribution in [0.1, 0.15) is 24.0 Å². The van der Waals surface area contributed by atoms with Crippen molar-refractivity contribution in [3.63, 3.8) is 0 Å². The predicted octanol–water partition coefficient (Wildman–Crippen LogP) is 2.35. The van der Waals surface area contributed by atoms with E-state index in [1.165, 1.54) is 0 Å². The number of benzene rings is 1. The van der Waals surface area contributed by atoms with Crippen molar-refractivity contribution in [3.05, 3.63) is 30.1 Å². The van der Waals surface area contributed by atoms with Gasteiger partial charge >= 0.3 is 0 Å². The van der Waals surface area contributed by atoms with E-state index in [-0.39, 0.29) is 11.7 Å². The third kappa shape index (κ3) is 2.91. The number of aromatic nitrogens is 2. The van der Waals surface area contributed by atoms with Crippen LogP contribution in [0.4, 0.5) is 5.82 Å². The summed E-state index contributed by atoms with van der Waals surface area (Å²) in [6.07, 6.45) is 0.860. The number of amides is 1. The minimum absolute atomic E-state index is 0.175. The summed E-state index contributed by atoms with van der Waals surface area (Å²) in [5.74, 6) is 0.573. The summed E-state index contributed by atoms with van der Waals surface area (Å²) >= 11 is 0. The van der Waals surface area contributed by atoms with Crippen molar-refractivity contribution < 1.29 is 13.9 Å². The van der Waals surface area contributed by atoms with Gasteiger partial charge in [-0.05, 0) is 18.6 Å². The van der Waals surface area contributed by atoms with Crippen LogP contribution in [0, 0.1) is 0 Å². The number of anilines is 1. The van der Waals surface area contributed by atoms with E-state index in [1.807, 2.05) is 31.2 Å². The maximum atomic E-state index is 12.4. The number of ether oxygens (including phenoxy) is 1. The van der Waals surface area contributed by atoms with Crippen LogP contribution in [0.5, 0.6) is 0 Å². The number of hydrogen-bond donors (Lipinski definition) is 1. The summed E-state index contributed by atoms with van der Waals surface area (Å²) in [7, 11) is 0. The molecule has 1 amide bonds. The molecule has 130 valence electrons. The Morgan fingerprint density at radius 2 is 2.04 bits per heavy atom. The number of nitrogens with zero attached hydrogens (tertiary/aromatic N) is 3. The lowest BCUT2D eigenvalue weighted by Crippen LogP contribution is -2.37. The number of fused-ring (bicyclic) bond motifs is 3. The fourth-order valence-electron chi connectivity index (χ4n) is 2.99. The molecule has 4 rings (SSSR count). The molecule has 3 aromatic rings. The molecule has 0 radical (unpaired) electrons. The van der Waals surface area contributed by atoms with E-state index in [0.717, 1.165) is 17.4 Å². The van der Waals surface area contributed by atoms with E-state index < -0.39 is 0 Å². The van der Waals surface area contributed by atoms with E-state index >= 15 is 0 Å². The number of hydrogen-bond acceptors (Lipinski definition) is 6. The number of morpholine rings is 1. The molecule has 25 heavy (non-hydrogen) atoms. The Bertz CT molecular complexity index is 915.